The van der Waals surface area contributed by atoms with Crippen LogP contribution in [-0.2, 0) is 17.6 Å². The highest BCUT2D eigenvalue weighted by Gasteiger charge is 2.26. The molecule has 0 unspecified atom stereocenters. The molecule has 2 aromatic rings. The Balaban J connectivity index is 1.66. The number of carbonyl (C=O) groups is 1. The molecular formula is C19H23N3O3. The van der Waals surface area contributed by atoms with Crippen LogP contribution in [0.15, 0.2) is 46.1 Å². The van der Waals surface area contributed by atoms with Crippen LogP contribution in [0.25, 0.3) is 0 Å². The number of piperidine rings is 1. The standard InChI is InChI=1S/C19H23N3O3/c23-17(12-15-13-20-19(25)21-18(15)24)22-11-5-4-8-16(22)10-9-14-6-2-1-3-7-14/h1-3,6-7,13,16H,4-5,8-12H2,(H2,20,21,24,25)/t16-/m1/s1. The Morgan fingerprint density at radius 1 is 1.16 bits per heavy atom. The van der Waals surface area contributed by atoms with Gasteiger partial charge in [0, 0.05) is 24.3 Å². The Morgan fingerprint density at radius 2 is 1.96 bits per heavy atom. The van der Waals surface area contributed by atoms with Crippen molar-refractivity contribution in [1.82, 2.24) is 14.9 Å². The number of hydrogen-bond acceptors (Lipinski definition) is 3. The fourth-order valence-electron chi connectivity index (χ4n) is 3.44. The van der Waals surface area contributed by atoms with Crippen molar-refractivity contribution in [2.45, 2.75) is 44.6 Å². The molecular weight excluding hydrogens is 318 g/mol. The van der Waals surface area contributed by atoms with Gasteiger partial charge in [-0.15, -0.1) is 0 Å². The second-order valence-corrected chi connectivity index (χ2v) is 6.53. The fourth-order valence-corrected chi connectivity index (χ4v) is 3.44. The van der Waals surface area contributed by atoms with Gasteiger partial charge in [0.15, 0.2) is 0 Å². The monoisotopic (exact) mass is 341 g/mol. The first-order chi connectivity index (χ1) is 12.1. The molecule has 0 bridgehead atoms. The summed E-state index contributed by atoms with van der Waals surface area (Å²) in [5, 5.41) is 0. The van der Waals surface area contributed by atoms with Gasteiger partial charge in [-0.25, -0.2) is 4.79 Å². The number of nitrogens with zero attached hydrogens (tertiary/aromatic N) is 1. The molecule has 6 heteroatoms. The molecule has 25 heavy (non-hydrogen) atoms. The zero-order valence-electron chi connectivity index (χ0n) is 14.2. The van der Waals surface area contributed by atoms with E-state index in [1.54, 1.807) is 0 Å². The van der Waals surface area contributed by atoms with Crippen molar-refractivity contribution >= 4 is 5.91 Å². The summed E-state index contributed by atoms with van der Waals surface area (Å²) in [6, 6.07) is 10.5. The number of aromatic amines is 2. The highest BCUT2D eigenvalue weighted by molar-refractivity contribution is 5.79. The van der Waals surface area contributed by atoms with Crippen LogP contribution in [0.3, 0.4) is 0 Å². The van der Waals surface area contributed by atoms with E-state index in [4.69, 9.17) is 0 Å². The number of nitrogens with one attached hydrogen (secondary N) is 2. The number of benzene rings is 1. The minimum Gasteiger partial charge on any atom is -0.339 e. The van der Waals surface area contributed by atoms with Crippen LogP contribution in [0.5, 0.6) is 0 Å². The van der Waals surface area contributed by atoms with Gasteiger partial charge in [-0.2, -0.15) is 0 Å². The first-order valence-electron chi connectivity index (χ1n) is 8.78. The molecule has 0 radical (unpaired) electrons. The summed E-state index contributed by atoms with van der Waals surface area (Å²) in [6.45, 7) is 0.736. The van der Waals surface area contributed by atoms with E-state index in [1.165, 1.54) is 11.8 Å². The van der Waals surface area contributed by atoms with Crippen LogP contribution < -0.4 is 11.2 Å². The van der Waals surface area contributed by atoms with Crippen LogP contribution in [-0.4, -0.2) is 33.4 Å². The molecule has 0 saturated carbocycles. The topological polar surface area (TPSA) is 86.0 Å². The van der Waals surface area contributed by atoms with Gasteiger partial charge in [-0.05, 0) is 37.7 Å². The molecule has 1 aliphatic heterocycles. The Hall–Kier alpha value is -2.63. The van der Waals surface area contributed by atoms with Gasteiger partial charge >= 0.3 is 5.69 Å². The van der Waals surface area contributed by atoms with Gasteiger partial charge in [0.25, 0.3) is 5.56 Å². The number of aromatic nitrogens is 2. The minimum atomic E-state index is -0.556. The Morgan fingerprint density at radius 3 is 2.72 bits per heavy atom. The van der Waals surface area contributed by atoms with Crippen molar-refractivity contribution in [1.29, 1.82) is 0 Å². The molecule has 1 saturated heterocycles. The second kappa shape index (κ2) is 7.96. The number of aryl methyl sites for hydroxylation is 1. The molecule has 3 rings (SSSR count). The quantitative estimate of drug-likeness (QED) is 0.866. The van der Waals surface area contributed by atoms with Gasteiger partial charge in [-0.3, -0.25) is 14.6 Å². The summed E-state index contributed by atoms with van der Waals surface area (Å²) >= 11 is 0. The van der Waals surface area contributed by atoms with Crippen LogP contribution in [0, 0.1) is 0 Å². The Kier molecular flexibility index (Phi) is 5.48. The molecule has 1 amide bonds. The molecule has 1 atom stereocenters. The second-order valence-electron chi connectivity index (χ2n) is 6.53. The van der Waals surface area contributed by atoms with Crippen LogP contribution in [0.1, 0.15) is 36.8 Å². The van der Waals surface area contributed by atoms with E-state index in [1.807, 2.05) is 23.1 Å². The lowest BCUT2D eigenvalue weighted by molar-refractivity contribution is -0.134. The van der Waals surface area contributed by atoms with E-state index < -0.39 is 11.2 Å². The van der Waals surface area contributed by atoms with E-state index in [9.17, 15) is 14.4 Å². The molecule has 1 fully saturated rings. The molecule has 132 valence electrons. The number of rotatable bonds is 5. The first-order valence-corrected chi connectivity index (χ1v) is 8.78. The number of H-pyrrole nitrogens is 2. The van der Waals surface area contributed by atoms with E-state index in [0.717, 1.165) is 38.6 Å². The molecule has 2 N–H and O–H groups in total. The van der Waals surface area contributed by atoms with Gasteiger partial charge in [0.2, 0.25) is 5.91 Å². The summed E-state index contributed by atoms with van der Waals surface area (Å²) in [4.78, 5) is 42.1. The predicted octanol–water partition coefficient (Wildman–Crippen LogP) is 1.62. The lowest BCUT2D eigenvalue weighted by Crippen LogP contribution is -2.45. The van der Waals surface area contributed by atoms with Crippen LogP contribution in [0.4, 0.5) is 0 Å². The third-order valence-electron chi connectivity index (χ3n) is 4.79. The molecule has 1 aromatic carbocycles. The normalized spacial score (nSPS) is 17.4. The summed E-state index contributed by atoms with van der Waals surface area (Å²) < 4.78 is 0. The predicted molar refractivity (Wildman–Crippen MR) is 95.5 cm³/mol. The minimum absolute atomic E-state index is 0.0218. The third kappa shape index (κ3) is 4.47. The summed E-state index contributed by atoms with van der Waals surface area (Å²) in [6.07, 6.45) is 6.35. The summed E-state index contributed by atoms with van der Waals surface area (Å²) in [5.41, 5.74) is 0.532. The van der Waals surface area contributed by atoms with E-state index >= 15 is 0 Å². The number of hydrogen-bond donors (Lipinski definition) is 2. The maximum Gasteiger partial charge on any atom is 0.325 e. The SMILES string of the molecule is O=C(Cc1c[nH]c(=O)[nH]c1=O)N1CCCC[C@@H]1CCc1ccccc1. The van der Waals surface area contributed by atoms with Gasteiger partial charge in [0.05, 0.1) is 6.42 Å². The molecule has 0 spiro atoms. The van der Waals surface area contributed by atoms with Crippen molar-refractivity contribution in [3.05, 3.63) is 68.5 Å². The average Bonchev–Trinajstić information content (AvgIpc) is 2.63. The van der Waals surface area contributed by atoms with E-state index in [2.05, 4.69) is 22.1 Å². The van der Waals surface area contributed by atoms with Crippen molar-refractivity contribution in [3.63, 3.8) is 0 Å². The smallest absolute Gasteiger partial charge is 0.325 e. The van der Waals surface area contributed by atoms with Crippen LogP contribution in [0.2, 0.25) is 0 Å². The largest absolute Gasteiger partial charge is 0.339 e. The van der Waals surface area contributed by atoms with Gasteiger partial charge in [-0.1, -0.05) is 30.3 Å². The number of amides is 1. The van der Waals surface area contributed by atoms with Crippen molar-refractivity contribution < 1.29 is 4.79 Å². The van der Waals surface area contributed by atoms with E-state index in [-0.39, 0.29) is 18.4 Å². The Labute approximate surface area is 145 Å². The first kappa shape index (κ1) is 17.2. The van der Waals surface area contributed by atoms with Crippen LogP contribution >= 0.6 is 0 Å². The average molecular weight is 341 g/mol. The maximum absolute atomic E-state index is 12.7. The summed E-state index contributed by atoms with van der Waals surface area (Å²) in [5.74, 6) is -0.0460. The molecule has 1 aromatic heterocycles. The van der Waals surface area contributed by atoms with Crippen molar-refractivity contribution in [3.8, 4) is 0 Å². The maximum atomic E-state index is 12.7. The van der Waals surface area contributed by atoms with Gasteiger partial charge < -0.3 is 9.88 Å². The lowest BCUT2D eigenvalue weighted by atomic mass is 9.95. The molecule has 1 aliphatic rings. The number of likely N-dealkylation sites (tertiary alicyclic amines) is 1. The third-order valence-corrected chi connectivity index (χ3v) is 4.79. The highest BCUT2D eigenvalue weighted by Crippen LogP contribution is 2.22. The molecule has 6 nitrogen and oxygen atoms in total. The van der Waals surface area contributed by atoms with Crippen molar-refractivity contribution in [2.75, 3.05) is 6.54 Å². The number of carbonyl (C=O) groups excluding carboxylic acids is 1. The highest BCUT2D eigenvalue weighted by atomic mass is 16.2. The lowest BCUT2D eigenvalue weighted by Gasteiger charge is -2.36. The fraction of sp³-hybridized carbons (Fsp3) is 0.421. The Bertz CT molecular complexity index is 826. The summed E-state index contributed by atoms with van der Waals surface area (Å²) in [7, 11) is 0. The van der Waals surface area contributed by atoms with Gasteiger partial charge in [0.1, 0.15) is 0 Å². The van der Waals surface area contributed by atoms with E-state index in [0.29, 0.717) is 5.56 Å². The molecule has 0 aliphatic carbocycles. The molecule has 2 heterocycles. The zero-order valence-corrected chi connectivity index (χ0v) is 14.2. The van der Waals surface area contributed by atoms with Crippen molar-refractivity contribution in [2.24, 2.45) is 0 Å². The zero-order chi connectivity index (χ0) is 17.6.